The molecule has 0 bridgehead atoms. The summed E-state index contributed by atoms with van der Waals surface area (Å²) < 4.78 is 15.3. The van der Waals surface area contributed by atoms with Crippen molar-refractivity contribution in [3.63, 3.8) is 0 Å². The van der Waals surface area contributed by atoms with Gasteiger partial charge in [0.2, 0.25) is 0 Å². The maximum Gasteiger partial charge on any atom is 0.187 e. The molecule has 0 aromatic rings. The van der Waals surface area contributed by atoms with E-state index >= 15 is 0 Å². The molecule has 0 radical (unpaired) electrons. The van der Waals surface area contributed by atoms with Gasteiger partial charge < -0.3 is 50.0 Å². The maximum absolute atomic E-state index is 9.93. The maximum atomic E-state index is 9.93. The van der Waals surface area contributed by atoms with Crippen molar-refractivity contribution < 1.29 is 50.0 Å². The summed E-state index contributed by atoms with van der Waals surface area (Å²) in [5.41, 5.74) is 0. The zero-order chi connectivity index (χ0) is 16.6. The molecule has 10 nitrogen and oxygen atoms in total. The van der Waals surface area contributed by atoms with Gasteiger partial charge in [-0.25, -0.2) is 0 Å². The van der Waals surface area contributed by atoms with Gasteiger partial charge in [0.1, 0.15) is 42.7 Å². The molecular formula is C12H22O10. The fraction of sp³-hybridized carbons (Fsp3) is 1.00. The highest BCUT2D eigenvalue weighted by Crippen LogP contribution is 2.28. The van der Waals surface area contributed by atoms with Gasteiger partial charge in [-0.3, -0.25) is 0 Å². The predicted octanol–water partition coefficient (Wildman–Crippen LogP) is -4.37. The van der Waals surface area contributed by atoms with Gasteiger partial charge in [0.15, 0.2) is 12.6 Å². The SMILES string of the molecule is C[C@@H]1O[C@H](O[C@@H]2[C@@H](O)[C@@H](O)[C@@H](CO)O[C@@H]2O)[C@@H](O)[C@H](O)[C@H]1O. The number of ether oxygens (including phenoxy) is 3. The van der Waals surface area contributed by atoms with Crippen molar-refractivity contribution in [2.24, 2.45) is 0 Å². The topological polar surface area (TPSA) is 169 Å². The van der Waals surface area contributed by atoms with E-state index in [1.54, 1.807) is 0 Å². The summed E-state index contributed by atoms with van der Waals surface area (Å²) in [6, 6.07) is 0. The first-order chi connectivity index (χ1) is 10.3. The molecule has 0 aromatic heterocycles. The van der Waals surface area contributed by atoms with Crippen molar-refractivity contribution in [1.82, 2.24) is 0 Å². The summed E-state index contributed by atoms with van der Waals surface area (Å²) in [5, 5.41) is 67.5. The molecule has 0 aromatic carbocycles. The number of aliphatic hydroxyl groups is 7. The van der Waals surface area contributed by atoms with Crippen molar-refractivity contribution in [1.29, 1.82) is 0 Å². The molecule has 0 amide bonds. The van der Waals surface area contributed by atoms with Crippen LogP contribution in [-0.2, 0) is 14.2 Å². The minimum absolute atomic E-state index is 0.619. The van der Waals surface area contributed by atoms with Crippen LogP contribution in [0.15, 0.2) is 0 Å². The van der Waals surface area contributed by atoms with Crippen molar-refractivity contribution >= 4 is 0 Å². The molecular weight excluding hydrogens is 304 g/mol. The van der Waals surface area contributed by atoms with Crippen LogP contribution in [-0.4, -0.2) is 104 Å². The average Bonchev–Trinajstić information content (AvgIpc) is 2.49. The number of hydrogen-bond acceptors (Lipinski definition) is 10. The van der Waals surface area contributed by atoms with E-state index < -0.39 is 68.0 Å². The second-order valence-electron chi connectivity index (χ2n) is 5.51. The third-order valence-electron chi connectivity index (χ3n) is 3.94. The molecule has 10 atom stereocenters. The Morgan fingerprint density at radius 2 is 1.45 bits per heavy atom. The lowest BCUT2D eigenvalue weighted by Gasteiger charge is -2.44. The highest BCUT2D eigenvalue weighted by atomic mass is 16.7. The quantitative estimate of drug-likeness (QED) is 0.269. The third kappa shape index (κ3) is 3.26. The summed E-state index contributed by atoms with van der Waals surface area (Å²) in [4.78, 5) is 0. The molecule has 0 saturated carbocycles. The molecule has 22 heavy (non-hydrogen) atoms. The summed E-state index contributed by atoms with van der Waals surface area (Å²) in [5.74, 6) is 0. The van der Waals surface area contributed by atoms with Crippen LogP contribution in [0.4, 0.5) is 0 Å². The van der Waals surface area contributed by atoms with Crippen LogP contribution in [0, 0.1) is 0 Å². The zero-order valence-electron chi connectivity index (χ0n) is 11.8. The fourth-order valence-corrected chi connectivity index (χ4v) is 2.50. The summed E-state index contributed by atoms with van der Waals surface area (Å²) in [6.07, 6.45) is -14.3. The van der Waals surface area contributed by atoms with Gasteiger partial charge in [0, 0.05) is 0 Å². The van der Waals surface area contributed by atoms with Crippen LogP contribution in [0.3, 0.4) is 0 Å². The smallest absolute Gasteiger partial charge is 0.187 e. The van der Waals surface area contributed by atoms with Gasteiger partial charge in [-0.05, 0) is 6.92 Å². The Kier molecular flexibility index (Phi) is 5.72. The van der Waals surface area contributed by atoms with Crippen LogP contribution in [0.2, 0.25) is 0 Å². The highest BCUT2D eigenvalue weighted by Gasteiger charge is 2.49. The minimum atomic E-state index is -1.69. The van der Waals surface area contributed by atoms with E-state index in [0.29, 0.717) is 0 Å². The lowest BCUT2D eigenvalue weighted by molar-refractivity contribution is -0.358. The highest BCUT2D eigenvalue weighted by molar-refractivity contribution is 4.92. The van der Waals surface area contributed by atoms with E-state index in [-0.39, 0.29) is 0 Å². The van der Waals surface area contributed by atoms with E-state index in [9.17, 15) is 30.6 Å². The van der Waals surface area contributed by atoms with Crippen molar-refractivity contribution in [2.75, 3.05) is 6.61 Å². The molecule has 2 aliphatic heterocycles. The Balaban J connectivity index is 2.06. The standard InChI is InChI=1S/C12H22O10/c1-3-5(14)7(16)9(18)12(20-3)22-10-8(17)6(15)4(2-13)21-11(10)19/h3-19H,2H2,1H3/t3-,4+,5-,6-,7+,8-,9-,10+,11-,12+/m0/s1. The van der Waals surface area contributed by atoms with E-state index in [2.05, 4.69) is 0 Å². The second kappa shape index (κ2) is 7.01. The van der Waals surface area contributed by atoms with E-state index in [1.165, 1.54) is 6.92 Å². The molecule has 2 saturated heterocycles. The number of rotatable bonds is 3. The predicted molar refractivity (Wildman–Crippen MR) is 67.2 cm³/mol. The molecule has 0 unspecified atom stereocenters. The normalized spacial score (nSPS) is 53.5. The lowest BCUT2D eigenvalue weighted by atomic mass is 9.97. The number of aliphatic hydroxyl groups excluding tert-OH is 7. The van der Waals surface area contributed by atoms with Crippen molar-refractivity contribution in [2.45, 2.75) is 68.3 Å². The van der Waals surface area contributed by atoms with E-state index in [4.69, 9.17) is 19.3 Å². The first kappa shape index (κ1) is 17.9. The molecule has 0 spiro atoms. The summed E-state index contributed by atoms with van der Waals surface area (Å²) in [7, 11) is 0. The Labute approximate surface area is 126 Å². The molecule has 2 fully saturated rings. The van der Waals surface area contributed by atoms with Gasteiger partial charge in [-0.15, -0.1) is 0 Å². The zero-order valence-corrected chi connectivity index (χ0v) is 11.8. The lowest BCUT2D eigenvalue weighted by Crippen LogP contribution is -2.63. The summed E-state index contributed by atoms with van der Waals surface area (Å²) >= 11 is 0. The fourth-order valence-electron chi connectivity index (χ4n) is 2.50. The van der Waals surface area contributed by atoms with Crippen LogP contribution in [0.25, 0.3) is 0 Å². The van der Waals surface area contributed by atoms with Gasteiger partial charge in [-0.1, -0.05) is 0 Å². The van der Waals surface area contributed by atoms with Crippen LogP contribution < -0.4 is 0 Å². The summed E-state index contributed by atoms with van der Waals surface area (Å²) in [6.45, 7) is 0.823. The first-order valence-electron chi connectivity index (χ1n) is 6.93. The van der Waals surface area contributed by atoms with Crippen LogP contribution in [0.1, 0.15) is 6.92 Å². The van der Waals surface area contributed by atoms with E-state index in [1.807, 2.05) is 0 Å². The van der Waals surface area contributed by atoms with E-state index in [0.717, 1.165) is 0 Å². The van der Waals surface area contributed by atoms with Crippen LogP contribution >= 0.6 is 0 Å². The van der Waals surface area contributed by atoms with Crippen LogP contribution in [0.5, 0.6) is 0 Å². The average molecular weight is 326 g/mol. The number of hydrogen-bond donors (Lipinski definition) is 7. The van der Waals surface area contributed by atoms with Gasteiger partial charge in [-0.2, -0.15) is 0 Å². The Morgan fingerprint density at radius 1 is 0.818 bits per heavy atom. The molecule has 2 heterocycles. The molecule has 2 aliphatic rings. The second-order valence-corrected chi connectivity index (χ2v) is 5.51. The minimum Gasteiger partial charge on any atom is -0.394 e. The van der Waals surface area contributed by atoms with Crippen molar-refractivity contribution in [3.8, 4) is 0 Å². The Bertz CT molecular complexity index is 368. The molecule has 7 N–H and O–H groups in total. The Hall–Kier alpha value is -0.400. The Morgan fingerprint density at radius 3 is 2.05 bits per heavy atom. The van der Waals surface area contributed by atoms with Gasteiger partial charge >= 0.3 is 0 Å². The molecule has 10 heteroatoms. The molecule has 130 valence electrons. The van der Waals surface area contributed by atoms with Gasteiger partial charge in [0.05, 0.1) is 12.7 Å². The molecule has 2 rings (SSSR count). The first-order valence-corrected chi connectivity index (χ1v) is 6.93. The molecule has 0 aliphatic carbocycles. The monoisotopic (exact) mass is 326 g/mol. The third-order valence-corrected chi connectivity index (χ3v) is 3.94. The van der Waals surface area contributed by atoms with Gasteiger partial charge in [0.25, 0.3) is 0 Å². The largest absolute Gasteiger partial charge is 0.394 e. The van der Waals surface area contributed by atoms with Crippen molar-refractivity contribution in [3.05, 3.63) is 0 Å².